The van der Waals surface area contributed by atoms with Gasteiger partial charge in [-0.1, -0.05) is 12.1 Å². The Hall–Kier alpha value is -2.84. The second-order valence-corrected chi connectivity index (χ2v) is 6.50. The number of halogens is 3. The van der Waals surface area contributed by atoms with Crippen molar-refractivity contribution in [3.8, 4) is 0 Å². The molecule has 2 aromatic rings. The third kappa shape index (κ3) is 4.87. The second kappa shape index (κ2) is 7.81. The van der Waals surface area contributed by atoms with Crippen LogP contribution in [0.2, 0.25) is 0 Å². The second-order valence-electron chi connectivity index (χ2n) is 6.50. The molecule has 1 aromatic heterocycles. The van der Waals surface area contributed by atoms with Gasteiger partial charge in [0.15, 0.2) is 0 Å². The van der Waals surface area contributed by atoms with Crippen molar-refractivity contribution < 1.29 is 18.0 Å². The highest BCUT2D eigenvalue weighted by Gasteiger charge is 2.30. The number of nitrogens with one attached hydrogen (secondary N) is 2. The van der Waals surface area contributed by atoms with E-state index in [0.29, 0.717) is 30.8 Å². The number of piperidine rings is 1. The summed E-state index contributed by atoms with van der Waals surface area (Å²) >= 11 is 0. The summed E-state index contributed by atoms with van der Waals surface area (Å²) in [4.78, 5) is 25.8. The Labute approximate surface area is 153 Å². The molecule has 2 N–H and O–H groups in total. The maximum absolute atomic E-state index is 12.8. The van der Waals surface area contributed by atoms with Crippen LogP contribution in [0.1, 0.15) is 24.0 Å². The van der Waals surface area contributed by atoms with E-state index < -0.39 is 11.7 Å². The van der Waals surface area contributed by atoms with E-state index in [1.54, 1.807) is 6.07 Å². The lowest BCUT2D eigenvalue weighted by Crippen LogP contribution is -2.43. The van der Waals surface area contributed by atoms with Gasteiger partial charge >= 0.3 is 6.18 Å². The fourth-order valence-corrected chi connectivity index (χ4v) is 3.16. The number of hydrogen-bond acceptors (Lipinski definition) is 4. The summed E-state index contributed by atoms with van der Waals surface area (Å²) < 4.78 is 38.3. The van der Waals surface area contributed by atoms with Crippen LogP contribution in [0.15, 0.2) is 41.3 Å². The molecular formula is C18H19F3N4O2. The van der Waals surface area contributed by atoms with Crippen LogP contribution in [0, 0.1) is 5.92 Å². The number of H-pyrrole nitrogens is 1. The molecule has 2 heterocycles. The van der Waals surface area contributed by atoms with Gasteiger partial charge in [0.25, 0.3) is 5.56 Å². The highest BCUT2D eigenvalue weighted by atomic mass is 19.4. The molecule has 6 nitrogen and oxygen atoms in total. The largest absolute Gasteiger partial charge is 0.416 e. The van der Waals surface area contributed by atoms with Crippen molar-refractivity contribution >= 4 is 11.6 Å². The molecule has 0 saturated carbocycles. The monoisotopic (exact) mass is 380 g/mol. The van der Waals surface area contributed by atoms with Crippen molar-refractivity contribution in [2.75, 3.05) is 18.0 Å². The Morgan fingerprint density at radius 2 is 2.15 bits per heavy atom. The lowest BCUT2D eigenvalue weighted by Gasteiger charge is -2.33. The van der Waals surface area contributed by atoms with Crippen molar-refractivity contribution in [1.29, 1.82) is 0 Å². The van der Waals surface area contributed by atoms with Crippen LogP contribution < -0.4 is 15.8 Å². The average Bonchev–Trinajstić information content (AvgIpc) is 2.66. The van der Waals surface area contributed by atoms with E-state index in [1.165, 1.54) is 18.3 Å². The highest BCUT2D eigenvalue weighted by Crippen LogP contribution is 2.29. The predicted octanol–water partition coefficient (Wildman–Crippen LogP) is 2.32. The van der Waals surface area contributed by atoms with Crippen LogP contribution >= 0.6 is 0 Å². The van der Waals surface area contributed by atoms with Gasteiger partial charge in [0, 0.05) is 25.7 Å². The Morgan fingerprint density at radius 3 is 2.89 bits per heavy atom. The lowest BCUT2D eigenvalue weighted by molar-refractivity contribution is -0.137. The van der Waals surface area contributed by atoms with Crippen LogP contribution in [0.3, 0.4) is 0 Å². The summed E-state index contributed by atoms with van der Waals surface area (Å²) in [5, 5.41) is 8.78. The summed E-state index contributed by atoms with van der Waals surface area (Å²) in [6.07, 6.45) is -1.42. The quantitative estimate of drug-likeness (QED) is 0.853. The number of alkyl halides is 3. The van der Waals surface area contributed by atoms with Crippen LogP contribution in [-0.4, -0.2) is 29.2 Å². The van der Waals surface area contributed by atoms with E-state index in [4.69, 9.17) is 0 Å². The number of carbonyl (C=O) groups excluding carboxylic acids is 1. The third-order valence-electron chi connectivity index (χ3n) is 4.53. The van der Waals surface area contributed by atoms with Gasteiger partial charge in [0.2, 0.25) is 5.91 Å². The average molecular weight is 380 g/mol. The van der Waals surface area contributed by atoms with Gasteiger partial charge < -0.3 is 10.2 Å². The van der Waals surface area contributed by atoms with Crippen LogP contribution in [0.5, 0.6) is 0 Å². The van der Waals surface area contributed by atoms with Gasteiger partial charge in [-0.2, -0.15) is 18.3 Å². The molecule has 1 amide bonds. The van der Waals surface area contributed by atoms with Crippen LogP contribution in [-0.2, 0) is 17.5 Å². The van der Waals surface area contributed by atoms with E-state index >= 15 is 0 Å². The molecule has 1 saturated heterocycles. The van der Waals surface area contributed by atoms with Gasteiger partial charge in [-0.15, -0.1) is 0 Å². The third-order valence-corrected chi connectivity index (χ3v) is 4.53. The van der Waals surface area contributed by atoms with Crippen molar-refractivity contribution in [1.82, 2.24) is 15.5 Å². The highest BCUT2D eigenvalue weighted by molar-refractivity contribution is 5.79. The summed E-state index contributed by atoms with van der Waals surface area (Å²) in [6.45, 7) is 1.17. The lowest BCUT2D eigenvalue weighted by atomic mass is 9.96. The zero-order valence-corrected chi connectivity index (χ0v) is 14.4. The number of amides is 1. The number of carbonyl (C=O) groups is 1. The molecule has 3 rings (SSSR count). The Morgan fingerprint density at radius 1 is 1.33 bits per heavy atom. The van der Waals surface area contributed by atoms with E-state index in [2.05, 4.69) is 15.5 Å². The number of rotatable bonds is 4. The zero-order valence-electron chi connectivity index (χ0n) is 14.4. The first-order chi connectivity index (χ1) is 12.8. The molecule has 9 heteroatoms. The summed E-state index contributed by atoms with van der Waals surface area (Å²) in [5.74, 6) is -0.515. The molecule has 0 bridgehead atoms. The fourth-order valence-electron chi connectivity index (χ4n) is 3.16. The standard InChI is InChI=1S/C18H19F3N4O2/c19-18(20,21)14-5-1-3-12(7-14)9-22-17(27)13-4-2-6-25(11-13)15-8-16(26)24-23-10-15/h1,3,5,7-8,10,13H,2,4,6,9,11H2,(H,22,27)(H,24,26). The number of nitrogens with zero attached hydrogens (tertiary/aromatic N) is 2. The van der Waals surface area contributed by atoms with E-state index in [9.17, 15) is 22.8 Å². The molecule has 1 atom stereocenters. The molecule has 1 aromatic carbocycles. The maximum Gasteiger partial charge on any atom is 0.416 e. The molecule has 144 valence electrons. The summed E-state index contributed by atoms with van der Waals surface area (Å²) in [5.41, 5.74) is -0.0118. The molecule has 1 unspecified atom stereocenters. The molecular weight excluding hydrogens is 361 g/mol. The molecule has 1 aliphatic rings. The first-order valence-electron chi connectivity index (χ1n) is 8.56. The van der Waals surface area contributed by atoms with Gasteiger partial charge in [-0.25, -0.2) is 5.10 Å². The number of anilines is 1. The molecule has 27 heavy (non-hydrogen) atoms. The number of aromatic amines is 1. The smallest absolute Gasteiger partial charge is 0.369 e. The zero-order chi connectivity index (χ0) is 19.4. The first kappa shape index (κ1) is 18.9. The van der Waals surface area contributed by atoms with Crippen LogP contribution in [0.25, 0.3) is 0 Å². The minimum absolute atomic E-state index is 0.0335. The van der Waals surface area contributed by atoms with E-state index in [-0.39, 0.29) is 23.9 Å². The van der Waals surface area contributed by atoms with E-state index in [0.717, 1.165) is 18.6 Å². The number of hydrogen-bond donors (Lipinski definition) is 2. The molecule has 1 fully saturated rings. The minimum atomic E-state index is -4.41. The number of aromatic nitrogens is 2. The van der Waals surface area contributed by atoms with Crippen molar-refractivity contribution in [3.05, 3.63) is 58.0 Å². The molecule has 1 aliphatic heterocycles. The molecule has 0 aliphatic carbocycles. The maximum atomic E-state index is 12.8. The minimum Gasteiger partial charge on any atom is -0.369 e. The Balaban J connectivity index is 1.60. The SMILES string of the molecule is O=C(NCc1cccc(C(F)(F)F)c1)C1CCCN(c2cn[nH]c(=O)c2)C1. The molecule has 0 spiro atoms. The summed E-state index contributed by atoms with van der Waals surface area (Å²) in [7, 11) is 0. The van der Waals surface area contributed by atoms with Crippen LogP contribution in [0.4, 0.5) is 18.9 Å². The van der Waals surface area contributed by atoms with Crippen molar-refractivity contribution in [2.45, 2.75) is 25.6 Å². The Kier molecular flexibility index (Phi) is 5.48. The Bertz CT molecular complexity index is 866. The molecule has 0 radical (unpaired) electrons. The number of benzene rings is 1. The van der Waals surface area contributed by atoms with Gasteiger partial charge in [0.1, 0.15) is 0 Å². The van der Waals surface area contributed by atoms with Gasteiger partial charge in [-0.3, -0.25) is 9.59 Å². The fraction of sp³-hybridized carbons (Fsp3) is 0.389. The summed E-state index contributed by atoms with van der Waals surface area (Å²) in [6, 6.07) is 6.34. The normalized spacial score (nSPS) is 17.6. The predicted molar refractivity (Wildman–Crippen MR) is 93.1 cm³/mol. The first-order valence-corrected chi connectivity index (χ1v) is 8.56. The topological polar surface area (TPSA) is 78.1 Å². The van der Waals surface area contributed by atoms with Crippen molar-refractivity contribution in [2.24, 2.45) is 5.92 Å². The van der Waals surface area contributed by atoms with Gasteiger partial charge in [0.05, 0.1) is 23.4 Å². The van der Waals surface area contributed by atoms with Gasteiger partial charge in [-0.05, 0) is 30.5 Å². The van der Waals surface area contributed by atoms with Crippen molar-refractivity contribution in [3.63, 3.8) is 0 Å². The van der Waals surface area contributed by atoms with E-state index in [1.807, 2.05) is 4.90 Å².